The van der Waals surface area contributed by atoms with E-state index in [1.54, 1.807) is 19.1 Å². The van der Waals surface area contributed by atoms with Crippen LogP contribution in [0.4, 0.5) is 4.39 Å². The summed E-state index contributed by atoms with van der Waals surface area (Å²) in [6.07, 6.45) is 3.24. The fourth-order valence-corrected chi connectivity index (χ4v) is 2.73. The van der Waals surface area contributed by atoms with Crippen molar-refractivity contribution in [3.8, 4) is 0 Å². The summed E-state index contributed by atoms with van der Waals surface area (Å²) in [5.41, 5.74) is 1.06. The maximum Gasteiger partial charge on any atom is 0.251 e. The first-order valence-corrected chi connectivity index (χ1v) is 7.04. The zero-order valence-corrected chi connectivity index (χ0v) is 11.9. The van der Waals surface area contributed by atoms with Crippen LogP contribution < -0.4 is 5.32 Å². The van der Waals surface area contributed by atoms with Gasteiger partial charge < -0.3 is 5.32 Å². The van der Waals surface area contributed by atoms with Gasteiger partial charge in [0.05, 0.1) is 0 Å². The number of aryl methyl sites for hydroxylation is 1. The molecule has 0 aliphatic heterocycles. The van der Waals surface area contributed by atoms with Crippen LogP contribution >= 0.6 is 0 Å². The molecule has 104 valence electrons. The third-order valence-electron chi connectivity index (χ3n) is 4.35. The fraction of sp³-hybridized carbons (Fsp3) is 0.562. The zero-order valence-electron chi connectivity index (χ0n) is 11.9. The number of rotatable bonds is 2. The fourth-order valence-electron chi connectivity index (χ4n) is 2.73. The lowest BCUT2D eigenvalue weighted by Gasteiger charge is -2.32. The molecular formula is C16H22FNO. The molecule has 19 heavy (non-hydrogen) atoms. The lowest BCUT2D eigenvalue weighted by Crippen LogP contribution is -2.39. The molecular weight excluding hydrogens is 241 g/mol. The molecule has 3 heteroatoms. The van der Waals surface area contributed by atoms with E-state index in [1.165, 1.54) is 6.07 Å². The van der Waals surface area contributed by atoms with E-state index in [1.807, 2.05) is 0 Å². The van der Waals surface area contributed by atoms with E-state index >= 15 is 0 Å². The highest BCUT2D eigenvalue weighted by molar-refractivity contribution is 5.94. The predicted octanol–water partition coefficient (Wildman–Crippen LogP) is 3.69. The second-order valence-corrected chi connectivity index (χ2v) is 5.90. The van der Waals surface area contributed by atoms with Crippen molar-refractivity contribution in [2.45, 2.75) is 46.1 Å². The molecule has 1 amide bonds. The number of carbonyl (C=O) groups excluding carboxylic acids is 1. The number of hydrogen-bond donors (Lipinski definition) is 1. The Hall–Kier alpha value is -1.38. The Morgan fingerprint density at radius 1 is 1.26 bits per heavy atom. The molecule has 2 rings (SSSR count). The molecule has 3 unspecified atom stereocenters. The second-order valence-electron chi connectivity index (χ2n) is 5.90. The van der Waals surface area contributed by atoms with Gasteiger partial charge in [-0.15, -0.1) is 0 Å². The van der Waals surface area contributed by atoms with Crippen LogP contribution in [-0.2, 0) is 0 Å². The molecule has 1 aliphatic rings. The summed E-state index contributed by atoms with van der Waals surface area (Å²) < 4.78 is 13.2. The summed E-state index contributed by atoms with van der Waals surface area (Å²) in [7, 11) is 0. The molecule has 1 aromatic rings. The van der Waals surface area contributed by atoms with Gasteiger partial charge in [-0.05, 0) is 61.8 Å². The van der Waals surface area contributed by atoms with Gasteiger partial charge in [0.2, 0.25) is 0 Å². The van der Waals surface area contributed by atoms with Gasteiger partial charge in [0.15, 0.2) is 0 Å². The van der Waals surface area contributed by atoms with Gasteiger partial charge in [0, 0.05) is 11.6 Å². The van der Waals surface area contributed by atoms with Crippen molar-refractivity contribution in [2.75, 3.05) is 0 Å². The summed E-state index contributed by atoms with van der Waals surface area (Å²) in [5, 5.41) is 3.07. The van der Waals surface area contributed by atoms with Gasteiger partial charge in [-0.25, -0.2) is 4.39 Å². The van der Waals surface area contributed by atoms with E-state index in [0.29, 0.717) is 17.0 Å². The van der Waals surface area contributed by atoms with Crippen molar-refractivity contribution in [1.29, 1.82) is 0 Å². The molecule has 0 radical (unpaired) electrons. The Morgan fingerprint density at radius 2 is 2.00 bits per heavy atom. The average Bonchev–Trinajstić information content (AvgIpc) is 2.37. The third-order valence-corrected chi connectivity index (χ3v) is 4.35. The van der Waals surface area contributed by atoms with Crippen LogP contribution in [-0.4, -0.2) is 11.9 Å². The van der Waals surface area contributed by atoms with Gasteiger partial charge in [-0.3, -0.25) is 4.79 Å². The highest BCUT2D eigenvalue weighted by Crippen LogP contribution is 2.29. The highest BCUT2D eigenvalue weighted by Gasteiger charge is 2.25. The van der Waals surface area contributed by atoms with Crippen LogP contribution in [0.25, 0.3) is 0 Å². The molecule has 2 nitrogen and oxygen atoms in total. The maximum absolute atomic E-state index is 13.2. The van der Waals surface area contributed by atoms with Crippen LogP contribution in [0.2, 0.25) is 0 Å². The van der Waals surface area contributed by atoms with Crippen LogP contribution in [0.1, 0.15) is 49.0 Å². The quantitative estimate of drug-likeness (QED) is 0.866. The number of amides is 1. The minimum absolute atomic E-state index is 0.0881. The minimum Gasteiger partial charge on any atom is -0.349 e. The number of halogens is 1. The molecule has 1 aromatic carbocycles. The third kappa shape index (κ3) is 3.34. The second kappa shape index (κ2) is 5.72. The SMILES string of the molecule is Cc1cc(C(=O)NC2CCC(C)C(C)C2)ccc1F. The van der Waals surface area contributed by atoms with Crippen molar-refractivity contribution in [1.82, 2.24) is 5.32 Å². The van der Waals surface area contributed by atoms with Gasteiger partial charge in [0.25, 0.3) is 5.91 Å². The Morgan fingerprint density at radius 3 is 2.63 bits per heavy atom. The van der Waals surface area contributed by atoms with Gasteiger partial charge in [-0.2, -0.15) is 0 Å². The molecule has 1 N–H and O–H groups in total. The Bertz CT molecular complexity index is 472. The van der Waals surface area contributed by atoms with Crippen molar-refractivity contribution >= 4 is 5.91 Å². The first-order chi connectivity index (χ1) is 8.97. The largest absolute Gasteiger partial charge is 0.349 e. The molecule has 1 fully saturated rings. The number of hydrogen-bond acceptors (Lipinski definition) is 1. The molecule has 1 aliphatic carbocycles. The van der Waals surface area contributed by atoms with Crippen LogP contribution in [0.5, 0.6) is 0 Å². The summed E-state index contributed by atoms with van der Waals surface area (Å²) in [5.74, 6) is 1.03. The van der Waals surface area contributed by atoms with Crippen molar-refractivity contribution in [2.24, 2.45) is 11.8 Å². The molecule has 0 spiro atoms. The first-order valence-electron chi connectivity index (χ1n) is 7.04. The standard InChI is InChI=1S/C16H22FNO/c1-10-4-6-14(9-11(10)2)18-16(19)13-5-7-15(17)12(3)8-13/h5,7-8,10-11,14H,4,6,9H2,1-3H3,(H,18,19). The molecule has 1 saturated carbocycles. The lowest BCUT2D eigenvalue weighted by molar-refractivity contribution is 0.0910. The van der Waals surface area contributed by atoms with E-state index in [0.717, 1.165) is 25.2 Å². The highest BCUT2D eigenvalue weighted by atomic mass is 19.1. The van der Waals surface area contributed by atoms with Crippen molar-refractivity contribution in [3.63, 3.8) is 0 Å². The summed E-state index contributed by atoms with van der Waals surface area (Å²) in [4.78, 5) is 12.1. The molecule has 0 heterocycles. The first kappa shape index (κ1) is 14.0. The average molecular weight is 263 g/mol. The zero-order chi connectivity index (χ0) is 14.0. The topological polar surface area (TPSA) is 29.1 Å². The molecule has 0 saturated heterocycles. The van der Waals surface area contributed by atoms with Gasteiger partial charge in [-0.1, -0.05) is 13.8 Å². The molecule has 3 atom stereocenters. The van der Waals surface area contributed by atoms with Crippen LogP contribution in [0.15, 0.2) is 18.2 Å². The molecule has 0 bridgehead atoms. The van der Waals surface area contributed by atoms with E-state index in [2.05, 4.69) is 19.2 Å². The predicted molar refractivity (Wildman–Crippen MR) is 74.6 cm³/mol. The van der Waals surface area contributed by atoms with E-state index < -0.39 is 0 Å². The van der Waals surface area contributed by atoms with Crippen molar-refractivity contribution < 1.29 is 9.18 Å². The van der Waals surface area contributed by atoms with Gasteiger partial charge >= 0.3 is 0 Å². The minimum atomic E-state index is -0.267. The monoisotopic (exact) mass is 263 g/mol. The van der Waals surface area contributed by atoms with Crippen LogP contribution in [0, 0.1) is 24.6 Å². The summed E-state index contributed by atoms with van der Waals surface area (Å²) in [6.45, 7) is 6.19. The Labute approximate surface area is 114 Å². The Balaban J connectivity index is 1.99. The Kier molecular flexibility index (Phi) is 4.23. The number of carbonyl (C=O) groups is 1. The molecule has 0 aromatic heterocycles. The van der Waals surface area contributed by atoms with E-state index in [9.17, 15) is 9.18 Å². The number of nitrogens with one attached hydrogen (secondary N) is 1. The lowest BCUT2D eigenvalue weighted by atomic mass is 9.79. The van der Waals surface area contributed by atoms with Crippen molar-refractivity contribution in [3.05, 3.63) is 35.1 Å². The van der Waals surface area contributed by atoms with Gasteiger partial charge in [0.1, 0.15) is 5.82 Å². The van der Waals surface area contributed by atoms with Crippen LogP contribution in [0.3, 0.4) is 0 Å². The smallest absolute Gasteiger partial charge is 0.251 e. The summed E-state index contributed by atoms with van der Waals surface area (Å²) >= 11 is 0. The number of benzene rings is 1. The maximum atomic E-state index is 13.2. The summed E-state index contributed by atoms with van der Waals surface area (Å²) in [6, 6.07) is 4.77. The van der Waals surface area contributed by atoms with E-state index in [4.69, 9.17) is 0 Å². The van der Waals surface area contributed by atoms with E-state index in [-0.39, 0.29) is 17.8 Å². The normalized spacial score (nSPS) is 27.1.